The molecule has 0 spiro atoms. The van der Waals surface area contributed by atoms with Crippen molar-refractivity contribution in [2.75, 3.05) is 13.7 Å². The van der Waals surface area contributed by atoms with E-state index in [1.54, 1.807) is 18.9 Å². The molecule has 0 N–H and O–H groups in total. The molecule has 2 rings (SSSR count). The van der Waals surface area contributed by atoms with Crippen LogP contribution in [0.3, 0.4) is 0 Å². The van der Waals surface area contributed by atoms with Crippen LogP contribution in [0.15, 0.2) is 11.2 Å². The lowest BCUT2D eigenvalue weighted by molar-refractivity contribution is -0.141. The Hall–Kier alpha value is -0.640. The van der Waals surface area contributed by atoms with Crippen molar-refractivity contribution in [3.8, 4) is 0 Å². The van der Waals surface area contributed by atoms with Crippen molar-refractivity contribution in [1.29, 1.82) is 0 Å². The summed E-state index contributed by atoms with van der Waals surface area (Å²) in [7, 11) is 1.64. The summed E-state index contributed by atoms with van der Waals surface area (Å²) in [5, 5.41) is 2.38. The predicted molar refractivity (Wildman–Crippen MR) is 42.8 cm³/mol. The Kier molecular flexibility index (Phi) is 1.56. The van der Waals surface area contributed by atoms with E-state index in [1.807, 2.05) is 10.3 Å². The standard InChI is InChI=1S/C7H9NO2S/c1-10-5-3-8-6(9)2-7(8)11-4-5/h4,7H,2-3H2,1H3/t7-/m1/s1. The highest BCUT2D eigenvalue weighted by Gasteiger charge is 2.38. The molecule has 0 aromatic carbocycles. The molecule has 0 aromatic heterocycles. The number of nitrogens with zero attached hydrogens (tertiary/aromatic N) is 1. The summed E-state index contributed by atoms with van der Waals surface area (Å²) >= 11 is 1.67. The molecule has 2 aliphatic rings. The zero-order valence-electron chi connectivity index (χ0n) is 6.24. The Morgan fingerprint density at radius 3 is 3.27 bits per heavy atom. The van der Waals surface area contributed by atoms with E-state index in [9.17, 15) is 4.79 Å². The normalized spacial score (nSPS) is 28.8. The van der Waals surface area contributed by atoms with Crippen molar-refractivity contribution in [3.05, 3.63) is 11.2 Å². The zero-order valence-corrected chi connectivity index (χ0v) is 7.06. The molecular formula is C7H9NO2S. The number of amides is 1. The molecule has 2 aliphatic heterocycles. The third-order valence-electron chi connectivity index (χ3n) is 1.96. The number of hydrogen-bond donors (Lipinski definition) is 0. The van der Waals surface area contributed by atoms with Gasteiger partial charge in [-0.1, -0.05) is 0 Å². The van der Waals surface area contributed by atoms with Crippen molar-refractivity contribution >= 4 is 17.7 Å². The van der Waals surface area contributed by atoms with Gasteiger partial charge in [0.2, 0.25) is 5.91 Å². The number of carbonyl (C=O) groups excluding carboxylic acids is 1. The largest absolute Gasteiger partial charge is 0.499 e. The van der Waals surface area contributed by atoms with Crippen LogP contribution < -0.4 is 0 Å². The highest BCUT2D eigenvalue weighted by molar-refractivity contribution is 8.02. The number of ether oxygens (including phenoxy) is 1. The van der Waals surface area contributed by atoms with Gasteiger partial charge in [-0.05, 0) is 0 Å². The minimum Gasteiger partial charge on any atom is -0.499 e. The number of carbonyl (C=O) groups is 1. The first-order valence-corrected chi connectivity index (χ1v) is 4.43. The zero-order chi connectivity index (χ0) is 7.84. The van der Waals surface area contributed by atoms with Crippen molar-refractivity contribution < 1.29 is 9.53 Å². The first kappa shape index (κ1) is 7.03. The van der Waals surface area contributed by atoms with Crippen LogP contribution in [0.2, 0.25) is 0 Å². The molecule has 4 heteroatoms. The topological polar surface area (TPSA) is 29.5 Å². The van der Waals surface area contributed by atoms with Gasteiger partial charge in [0.25, 0.3) is 0 Å². The van der Waals surface area contributed by atoms with Crippen molar-refractivity contribution in [2.45, 2.75) is 11.8 Å². The number of thioether (sulfide) groups is 1. The third kappa shape index (κ3) is 1.01. The summed E-state index contributed by atoms with van der Waals surface area (Å²) in [6.07, 6.45) is 0.693. The van der Waals surface area contributed by atoms with Crippen LogP contribution >= 0.6 is 11.8 Å². The summed E-state index contributed by atoms with van der Waals surface area (Å²) in [5.74, 6) is 1.13. The lowest BCUT2D eigenvalue weighted by Gasteiger charge is -2.41. The van der Waals surface area contributed by atoms with Crippen molar-refractivity contribution in [3.63, 3.8) is 0 Å². The first-order chi connectivity index (χ1) is 5.31. The molecule has 0 saturated carbocycles. The van der Waals surface area contributed by atoms with Crippen LogP contribution in [-0.4, -0.2) is 29.8 Å². The van der Waals surface area contributed by atoms with Crippen LogP contribution in [0, 0.1) is 0 Å². The Morgan fingerprint density at radius 1 is 1.82 bits per heavy atom. The fourth-order valence-corrected chi connectivity index (χ4v) is 2.27. The average Bonchev–Trinajstić information content (AvgIpc) is 2.03. The fourth-order valence-electron chi connectivity index (χ4n) is 1.21. The molecule has 1 amide bonds. The summed E-state index contributed by atoms with van der Waals surface area (Å²) < 4.78 is 5.04. The van der Waals surface area contributed by atoms with Crippen LogP contribution in [0.4, 0.5) is 0 Å². The summed E-state index contributed by atoms with van der Waals surface area (Å²) in [4.78, 5) is 12.8. The summed E-state index contributed by atoms with van der Waals surface area (Å²) in [6.45, 7) is 0.660. The van der Waals surface area contributed by atoms with Gasteiger partial charge in [-0.2, -0.15) is 0 Å². The lowest BCUT2D eigenvalue weighted by atomic mass is 10.2. The SMILES string of the molecule is COC1=CS[C@@H]2CC(=O)N2C1. The van der Waals surface area contributed by atoms with E-state index in [0.717, 1.165) is 5.76 Å². The molecule has 0 unspecified atom stereocenters. The molecule has 2 heterocycles. The summed E-state index contributed by atoms with van der Waals surface area (Å²) in [6, 6.07) is 0. The van der Waals surface area contributed by atoms with Gasteiger partial charge in [-0.15, -0.1) is 11.8 Å². The second kappa shape index (κ2) is 2.44. The van der Waals surface area contributed by atoms with Crippen LogP contribution in [0.5, 0.6) is 0 Å². The fraction of sp³-hybridized carbons (Fsp3) is 0.571. The van der Waals surface area contributed by atoms with Gasteiger partial charge in [-0.25, -0.2) is 0 Å². The minimum atomic E-state index is 0.241. The number of rotatable bonds is 1. The molecule has 1 atom stereocenters. The van der Waals surface area contributed by atoms with Gasteiger partial charge in [0.05, 0.1) is 25.4 Å². The molecule has 0 radical (unpaired) electrons. The smallest absolute Gasteiger partial charge is 0.226 e. The predicted octanol–water partition coefficient (Wildman–Crippen LogP) is 0.779. The Morgan fingerprint density at radius 2 is 2.64 bits per heavy atom. The van der Waals surface area contributed by atoms with E-state index in [4.69, 9.17) is 4.74 Å². The highest BCUT2D eigenvalue weighted by atomic mass is 32.2. The average molecular weight is 171 g/mol. The maximum absolute atomic E-state index is 11.0. The maximum atomic E-state index is 11.0. The second-order valence-corrected chi connectivity index (χ2v) is 3.66. The van der Waals surface area contributed by atoms with Gasteiger partial charge < -0.3 is 9.64 Å². The van der Waals surface area contributed by atoms with Gasteiger partial charge in [-0.3, -0.25) is 4.79 Å². The van der Waals surface area contributed by atoms with Crippen LogP contribution in [0.25, 0.3) is 0 Å². The maximum Gasteiger partial charge on any atom is 0.226 e. The lowest BCUT2D eigenvalue weighted by Crippen LogP contribution is -2.52. The number of β-lactam (4-membered cyclic amide) rings is 1. The first-order valence-electron chi connectivity index (χ1n) is 3.49. The summed E-state index contributed by atoms with van der Waals surface area (Å²) in [5.41, 5.74) is 0. The third-order valence-corrected chi connectivity index (χ3v) is 3.10. The molecule has 60 valence electrons. The molecule has 11 heavy (non-hydrogen) atoms. The minimum absolute atomic E-state index is 0.241. The van der Waals surface area contributed by atoms with E-state index in [-0.39, 0.29) is 5.91 Å². The van der Waals surface area contributed by atoms with E-state index in [1.165, 1.54) is 0 Å². The molecule has 1 saturated heterocycles. The Labute approximate surface area is 69.4 Å². The molecule has 1 fully saturated rings. The van der Waals surface area contributed by atoms with E-state index in [0.29, 0.717) is 18.3 Å². The van der Waals surface area contributed by atoms with Gasteiger partial charge in [0, 0.05) is 5.41 Å². The Bertz CT molecular complexity index is 226. The molecule has 0 bridgehead atoms. The molecule has 0 aromatic rings. The molecule has 3 nitrogen and oxygen atoms in total. The van der Waals surface area contributed by atoms with E-state index >= 15 is 0 Å². The molecular weight excluding hydrogens is 162 g/mol. The quantitative estimate of drug-likeness (QED) is 0.546. The van der Waals surface area contributed by atoms with Gasteiger partial charge in [0.1, 0.15) is 5.76 Å². The van der Waals surface area contributed by atoms with Crippen molar-refractivity contribution in [2.24, 2.45) is 0 Å². The van der Waals surface area contributed by atoms with Crippen molar-refractivity contribution in [1.82, 2.24) is 4.90 Å². The highest BCUT2D eigenvalue weighted by Crippen LogP contribution is 2.35. The van der Waals surface area contributed by atoms with Crippen LogP contribution in [0.1, 0.15) is 6.42 Å². The number of fused-ring (bicyclic) bond motifs is 1. The number of hydrogen-bond acceptors (Lipinski definition) is 3. The van der Waals surface area contributed by atoms with E-state index < -0.39 is 0 Å². The molecule has 0 aliphatic carbocycles. The second-order valence-electron chi connectivity index (χ2n) is 2.60. The van der Waals surface area contributed by atoms with E-state index in [2.05, 4.69) is 0 Å². The van der Waals surface area contributed by atoms with Gasteiger partial charge in [0.15, 0.2) is 0 Å². The van der Waals surface area contributed by atoms with Gasteiger partial charge >= 0.3 is 0 Å². The number of methoxy groups -OCH3 is 1. The Balaban J connectivity index is 2.07. The monoisotopic (exact) mass is 171 g/mol. The van der Waals surface area contributed by atoms with Crippen LogP contribution in [-0.2, 0) is 9.53 Å².